The molecule has 1 fully saturated rings. The van der Waals surface area contributed by atoms with Crippen molar-refractivity contribution in [1.29, 1.82) is 0 Å². The zero-order valence-corrected chi connectivity index (χ0v) is 23.2. The lowest BCUT2D eigenvalue weighted by Crippen LogP contribution is -2.46. The Hall–Kier alpha value is -4.24. The minimum atomic E-state index is -0.720. The normalized spacial score (nSPS) is 14.4. The van der Waals surface area contributed by atoms with Crippen LogP contribution in [0.1, 0.15) is 36.3 Å². The van der Waals surface area contributed by atoms with Crippen LogP contribution in [-0.4, -0.2) is 63.0 Å². The van der Waals surface area contributed by atoms with E-state index in [1.807, 2.05) is 31.2 Å². The summed E-state index contributed by atoms with van der Waals surface area (Å²) in [4.78, 5) is 29.6. The second-order valence-corrected chi connectivity index (χ2v) is 9.90. The summed E-state index contributed by atoms with van der Waals surface area (Å²) in [5.74, 6) is 0.198. The summed E-state index contributed by atoms with van der Waals surface area (Å²) in [5, 5.41) is 10.7. The molecule has 2 heterocycles. The molecule has 1 saturated heterocycles. The fourth-order valence-corrected chi connectivity index (χ4v) is 4.66. The molecule has 1 aliphatic rings. The molecular weight excluding hydrogens is 512 g/mol. The number of nitrogens with zero attached hydrogens (tertiary/aromatic N) is 2. The summed E-state index contributed by atoms with van der Waals surface area (Å²) >= 11 is 0. The van der Waals surface area contributed by atoms with Gasteiger partial charge in [0.05, 0.1) is 33.1 Å². The third-order valence-electron chi connectivity index (χ3n) is 6.87. The number of anilines is 1. The highest BCUT2D eigenvalue weighted by molar-refractivity contribution is 5.71. The lowest BCUT2D eigenvalue weighted by atomic mass is 9.92. The van der Waals surface area contributed by atoms with E-state index in [4.69, 9.17) is 18.6 Å². The maximum Gasteiger partial charge on any atom is 0.306 e. The first kappa shape index (κ1) is 28.8. The van der Waals surface area contributed by atoms with E-state index in [0.29, 0.717) is 30.2 Å². The van der Waals surface area contributed by atoms with Gasteiger partial charge in [-0.3, -0.25) is 14.5 Å². The SMILES string of the molecule is C=C(C)COc1ccc([C@H](CC(=O)OC)c2oc(CN3CCN(c4ccc(OC)cc4)CC3)cc(=O)c2O)cc1. The molecule has 1 atom stereocenters. The highest BCUT2D eigenvalue weighted by Crippen LogP contribution is 2.34. The van der Waals surface area contributed by atoms with Crippen molar-refractivity contribution >= 4 is 11.7 Å². The number of benzene rings is 2. The van der Waals surface area contributed by atoms with Crippen molar-refractivity contribution in [2.45, 2.75) is 25.8 Å². The van der Waals surface area contributed by atoms with Crippen LogP contribution in [0.3, 0.4) is 0 Å². The first-order valence-electron chi connectivity index (χ1n) is 13.2. The maximum absolute atomic E-state index is 12.8. The lowest BCUT2D eigenvalue weighted by Gasteiger charge is -2.36. The third kappa shape index (κ3) is 7.24. The summed E-state index contributed by atoms with van der Waals surface area (Å²) < 4.78 is 22.0. The fourth-order valence-electron chi connectivity index (χ4n) is 4.66. The molecule has 40 heavy (non-hydrogen) atoms. The van der Waals surface area contributed by atoms with Gasteiger partial charge in [0.1, 0.15) is 23.9 Å². The number of methoxy groups -OCH3 is 2. The highest BCUT2D eigenvalue weighted by atomic mass is 16.5. The van der Waals surface area contributed by atoms with Crippen molar-refractivity contribution in [3.05, 3.63) is 94.1 Å². The molecule has 0 aliphatic carbocycles. The second kappa shape index (κ2) is 13.2. The molecular formula is C31H36N2O7. The van der Waals surface area contributed by atoms with Crippen LogP contribution in [0.5, 0.6) is 17.2 Å². The molecule has 1 aromatic heterocycles. The Morgan fingerprint density at radius 1 is 1.02 bits per heavy atom. The summed E-state index contributed by atoms with van der Waals surface area (Å²) in [6.07, 6.45) is -0.108. The number of hydrogen-bond donors (Lipinski definition) is 1. The maximum atomic E-state index is 12.8. The third-order valence-corrected chi connectivity index (χ3v) is 6.87. The number of carbonyl (C=O) groups excluding carboxylic acids is 1. The largest absolute Gasteiger partial charge is 0.502 e. The van der Waals surface area contributed by atoms with Crippen LogP contribution < -0.4 is 19.8 Å². The number of aromatic hydroxyl groups is 1. The number of piperazine rings is 1. The molecule has 1 aliphatic heterocycles. The van der Waals surface area contributed by atoms with E-state index in [1.165, 1.54) is 13.2 Å². The Morgan fingerprint density at radius 3 is 2.27 bits per heavy atom. The van der Waals surface area contributed by atoms with Gasteiger partial charge in [-0.25, -0.2) is 0 Å². The van der Waals surface area contributed by atoms with Crippen molar-refractivity contribution in [3.63, 3.8) is 0 Å². The van der Waals surface area contributed by atoms with E-state index < -0.39 is 23.1 Å². The second-order valence-electron chi connectivity index (χ2n) is 9.90. The Kier molecular flexibility index (Phi) is 9.50. The van der Waals surface area contributed by atoms with Gasteiger partial charge in [-0.05, 0) is 54.5 Å². The van der Waals surface area contributed by atoms with E-state index >= 15 is 0 Å². The highest BCUT2D eigenvalue weighted by Gasteiger charge is 2.27. The van der Waals surface area contributed by atoms with Gasteiger partial charge < -0.3 is 28.6 Å². The topological polar surface area (TPSA) is 102 Å². The molecule has 0 saturated carbocycles. The number of esters is 1. The van der Waals surface area contributed by atoms with Crippen molar-refractivity contribution in [2.24, 2.45) is 0 Å². The van der Waals surface area contributed by atoms with Crippen molar-refractivity contribution < 1.29 is 28.5 Å². The average molecular weight is 549 g/mol. The molecule has 4 rings (SSSR count). The van der Waals surface area contributed by atoms with E-state index in [-0.39, 0.29) is 12.2 Å². The number of ether oxygens (including phenoxy) is 3. The Morgan fingerprint density at radius 2 is 1.68 bits per heavy atom. The Balaban J connectivity index is 1.51. The van der Waals surface area contributed by atoms with E-state index in [0.717, 1.165) is 43.2 Å². The van der Waals surface area contributed by atoms with Crippen molar-refractivity contribution in [3.8, 4) is 17.2 Å². The fraction of sp³-hybridized carbons (Fsp3) is 0.355. The van der Waals surface area contributed by atoms with Crippen molar-refractivity contribution in [2.75, 3.05) is 51.9 Å². The predicted molar refractivity (Wildman–Crippen MR) is 152 cm³/mol. The molecule has 0 unspecified atom stereocenters. The standard InChI is InChI=1S/C31H36N2O7/c1-21(2)20-39-25-9-5-22(6-10-25)27(18-29(35)38-4)31-30(36)28(34)17-26(40-31)19-32-13-15-33(16-14-32)23-7-11-24(37-3)12-8-23/h5-12,17,27,36H,1,13-16,18-20H2,2-4H3/t27-/m0/s1. The smallest absolute Gasteiger partial charge is 0.306 e. The van der Waals surface area contributed by atoms with E-state index in [1.54, 1.807) is 31.4 Å². The van der Waals surface area contributed by atoms with Crippen molar-refractivity contribution in [1.82, 2.24) is 4.90 Å². The van der Waals surface area contributed by atoms with E-state index in [9.17, 15) is 14.7 Å². The summed E-state index contributed by atoms with van der Waals surface area (Å²) in [7, 11) is 2.95. The first-order chi connectivity index (χ1) is 19.3. The Bertz CT molecular complexity index is 1360. The number of rotatable bonds is 11. The van der Waals surface area contributed by atoms with Gasteiger partial charge in [-0.1, -0.05) is 18.7 Å². The molecule has 9 nitrogen and oxygen atoms in total. The zero-order valence-electron chi connectivity index (χ0n) is 23.2. The van der Waals surface area contributed by atoms with Crippen LogP contribution in [0.2, 0.25) is 0 Å². The van der Waals surface area contributed by atoms with Gasteiger partial charge in [-0.2, -0.15) is 0 Å². The minimum absolute atomic E-state index is 0.0420. The van der Waals surface area contributed by atoms with Gasteiger partial charge in [0.25, 0.3) is 0 Å². The van der Waals surface area contributed by atoms with Crippen LogP contribution in [0.4, 0.5) is 5.69 Å². The van der Waals surface area contributed by atoms with Crippen LogP contribution in [0.15, 0.2) is 76.0 Å². The first-order valence-corrected chi connectivity index (χ1v) is 13.2. The lowest BCUT2D eigenvalue weighted by molar-refractivity contribution is -0.140. The molecule has 0 bridgehead atoms. The molecule has 9 heteroatoms. The minimum Gasteiger partial charge on any atom is -0.502 e. The summed E-state index contributed by atoms with van der Waals surface area (Å²) in [6.45, 7) is 9.65. The van der Waals surface area contributed by atoms with Crippen LogP contribution in [-0.2, 0) is 16.1 Å². The van der Waals surface area contributed by atoms with Gasteiger partial charge in [-0.15, -0.1) is 0 Å². The van der Waals surface area contributed by atoms with Gasteiger partial charge in [0, 0.05) is 37.9 Å². The number of carbonyl (C=O) groups is 1. The van der Waals surface area contributed by atoms with Crippen LogP contribution in [0.25, 0.3) is 0 Å². The molecule has 0 radical (unpaired) electrons. The molecule has 1 N–H and O–H groups in total. The Labute approximate surface area is 234 Å². The molecule has 3 aromatic rings. The quantitative estimate of drug-likeness (QED) is 0.277. The predicted octanol–water partition coefficient (Wildman–Crippen LogP) is 4.33. The molecule has 212 valence electrons. The van der Waals surface area contributed by atoms with Gasteiger partial charge >= 0.3 is 5.97 Å². The van der Waals surface area contributed by atoms with Crippen LogP contribution >= 0.6 is 0 Å². The molecule has 0 amide bonds. The summed E-state index contributed by atoms with van der Waals surface area (Å²) in [5.41, 5.74) is 2.14. The van der Waals surface area contributed by atoms with Crippen LogP contribution in [0, 0.1) is 0 Å². The average Bonchev–Trinajstić information content (AvgIpc) is 2.97. The van der Waals surface area contributed by atoms with Gasteiger partial charge in [0.2, 0.25) is 11.2 Å². The van der Waals surface area contributed by atoms with E-state index in [2.05, 4.69) is 16.4 Å². The number of hydrogen-bond acceptors (Lipinski definition) is 9. The monoisotopic (exact) mass is 548 g/mol. The molecule has 0 spiro atoms. The van der Waals surface area contributed by atoms with Gasteiger partial charge in [0.15, 0.2) is 5.76 Å². The zero-order chi connectivity index (χ0) is 28.6. The molecule has 2 aromatic carbocycles. The summed E-state index contributed by atoms with van der Waals surface area (Å²) in [6, 6.07) is 16.4.